The highest BCUT2D eigenvalue weighted by atomic mass is 19.1. The molecule has 0 unspecified atom stereocenters. The van der Waals surface area contributed by atoms with Gasteiger partial charge in [-0.15, -0.1) is 0 Å². The molecule has 0 radical (unpaired) electrons. The van der Waals surface area contributed by atoms with E-state index in [-0.39, 0.29) is 18.3 Å². The van der Waals surface area contributed by atoms with Gasteiger partial charge in [-0.3, -0.25) is 4.79 Å². The lowest BCUT2D eigenvalue weighted by Crippen LogP contribution is -2.50. The normalized spacial score (nSPS) is 14.2. The smallest absolute Gasteiger partial charge is 0.260 e. The van der Waals surface area contributed by atoms with E-state index in [1.54, 1.807) is 4.90 Å². The first-order chi connectivity index (χ1) is 13.0. The van der Waals surface area contributed by atoms with Gasteiger partial charge in [-0.05, 0) is 38.1 Å². The first-order valence-electron chi connectivity index (χ1n) is 9.06. The molecule has 0 aliphatic carbocycles. The largest absolute Gasteiger partial charge is 0.484 e. The molecule has 8 heteroatoms. The summed E-state index contributed by atoms with van der Waals surface area (Å²) in [7, 11) is 0. The lowest BCUT2D eigenvalue weighted by molar-refractivity contribution is -0.133. The lowest BCUT2D eigenvalue weighted by atomic mass is 10.3. The van der Waals surface area contributed by atoms with E-state index < -0.39 is 0 Å². The van der Waals surface area contributed by atoms with Gasteiger partial charge in [-0.1, -0.05) is 0 Å². The van der Waals surface area contributed by atoms with Gasteiger partial charge in [-0.25, -0.2) is 14.4 Å². The first kappa shape index (κ1) is 18.9. The molecule has 0 bridgehead atoms. The van der Waals surface area contributed by atoms with Crippen LogP contribution in [0.25, 0.3) is 0 Å². The summed E-state index contributed by atoms with van der Waals surface area (Å²) in [6.45, 7) is 7.24. The van der Waals surface area contributed by atoms with Crippen molar-refractivity contribution in [3.8, 4) is 5.75 Å². The van der Waals surface area contributed by atoms with Crippen molar-refractivity contribution in [2.45, 2.75) is 13.8 Å². The number of rotatable bonds is 6. The number of piperazine rings is 1. The van der Waals surface area contributed by atoms with Gasteiger partial charge in [-0.2, -0.15) is 0 Å². The number of amides is 1. The maximum absolute atomic E-state index is 12.9. The number of carbonyl (C=O) groups is 1. The third-order valence-corrected chi connectivity index (χ3v) is 4.31. The van der Waals surface area contributed by atoms with Crippen molar-refractivity contribution in [1.82, 2.24) is 14.9 Å². The fraction of sp³-hybridized carbons (Fsp3) is 0.421. The molecule has 1 saturated heterocycles. The number of nitrogens with one attached hydrogen (secondary N) is 1. The van der Waals surface area contributed by atoms with Crippen LogP contribution in [0.15, 0.2) is 30.3 Å². The molecule has 7 nitrogen and oxygen atoms in total. The van der Waals surface area contributed by atoms with E-state index in [4.69, 9.17) is 4.74 Å². The zero-order chi connectivity index (χ0) is 19.2. The molecule has 1 aromatic carbocycles. The Bertz CT molecular complexity index is 776. The van der Waals surface area contributed by atoms with Crippen LogP contribution >= 0.6 is 0 Å². The minimum Gasteiger partial charge on any atom is -0.484 e. The van der Waals surface area contributed by atoms with Crippen molar-refractivity contribution in [3.05, 3.63) is 42.0 Å². The van der Waals surface area contributed by atoms with Gasteiger partial charge in [0.1, 0.15) is 29.0 Å². The Morgan fingerprint density at radius 3 is 2.56 bits per heavy atom. The van der Waals surface area contributed by atoms with Crippen LogP contribution in [0.5, 0.6) is 5.75 Å². The van der Waals surface area contributed by atoms with Crippen LogP contribution < -0.4 is 15.0 Å². The molecule has 27 heavy (non-hydrogen) atoms. The van der Waals surface area contributed by atoms with Crippen molar-refractivity contribution >= 4 is 17.5 Å². The fourth-order valence-electron chi connectivity index (χ4n) is 2.94. The molecule has 1 fully saturated rings. The van der Waals surface area contributed by atoms with Crippen molar-refractivity contribution in [3.63, 3.8) is 0 Å². The summed E-state index contributed by atoms with van der Waals surface area (Å²) in [6, 6.07) is 7.58. The monoisotopic (exact) mass is 373 g/mol. The second kappa shape index (κ2) is 8.66. The van der Waals surface area contributed by atoms with E-state index in [1.165, 1.54) is 24.3 Å². The number of carbonyl (C=O) groups excluding carboxylic acids is 1. The molecule has 1 aliphatic heterocycles. The first-order valence-corrected chi connectivity index (χ1v) is 9.06. The molecule has 3 rings (SSSR count). The summed E-state index contributed by atoms with van der Waals surface area (Å²) in [4.78, 5) is 25.2. The van der Waals surface area contributed by atoms with Crippen LogP contribution in [0, 0.1) is 12.7 Å². The molecule has 0 spiro atoms. The van der Waals surface area contributed by atoms with Gasteiger partial charge in [0, 0.05) is 38.8 Å². The highest BCUT2D eigenvalue weighted by Crippen LogP contribution is 2.18. The van der Waals surface area contributed by atoms with E-state index in [0.29, 0.717) is 31.9 Å². The molecular weight excluding hydrogens is 349 g/mol. The van der Waals surface area contributed by atoms with Crippen LogP contribution in [0.3, 0.4) is 0 Å². The number of benzene rings is 1. The Morgan fingerprint density at radius 1 is 1.19 bits per heavy atom. The molecule has 1 aromatic heterocycles. The Kier molecular flexibility index (Phi) is 6.05. The predicted molar refractivity (Wildman–Crippen MR) is 102 cm³/mol. The Hall–Kier alpha value is -2.90. The van der Waals surface area contributed by atoms with Gasteiger partial charge in [0.05, 0.1) is 0 Å². The average molecular weight is 373 g/mol. The maximum atomic E-state index is 12.9. The minimum atomic E-state index is -0.331. The zero-order valence-corrected chi connectivity index (χ0v) is 15.6. The summed E-state index contributed by atoms with van der Waals surface area (Å²) in [5.74, 6) is 2.47. The van der Waals surface area contributed by atoms with Crippen LogP contribution in [0.1, 0.15) is 12.7 Å². The van der Waals surface area contributed by atoms with E-state index in [9.17, 15) is 9.18 Å². The number of halogens is 1. The van der Waals surface area contributed by atoms with Crippen LogP contribution in [-0.2, 0) is 4.79 Å². The summed E-state index contributed by atoms with van der Waals surface area (Å²) in [6.07, 6.45) is 0. The van der Waals surface area contributed by atoms with Crippen molar-refractivity contribution < 1.29 is 13.9 Å². The molecule has 2 heterocycles. The number of nitrogens with zero attached hydrogens (tertiary/aromatic N) is 4. The number of aromatic nitrogens is 2. The fourth-order valence-corrected chi connectivity index (χ4v) is 2.94. The molecule has 1 N–H and O–H groups in total. The van der Waals surface area contributed by atoms with Crippen molar-refractivity contribution in [2.24, 2.45) is 0 Å². The highest BCUT2D eigenvalue weighted by molar-refractivity contribution is 5.78. The molecule has 2 aromatic rings. The number of hydrogen-bond acceptors (Lipinski definition) is 6. The Balaban J connectivity index is 1.52. The second-order valence-corrected chi connectivity index (χ2v) is 6.30. The molecule has 144 valence electrons. The number of anilines is 2. The number of ether oxygens (including phenoxy) is 1. The zero-order valence-electron chi connectivity index (χ0n) is 15.6. The molecule has 0 atom stereocenters. The van der Waals surface area contributed by atoms with Gasteiger partial charge < -0.3 is 19.9 Å². The minimum absolute atomic E-state index is 0.0528. The summed E-state index contributed by atoms with van der Waals surface area (Å²) < 4.78 is 18.3. The predicted octanol–water partition coefficient (Wildman–Crippen LogP) is 2.08. The number of hydrogen-bond donors (Lipinski definition) is 1. The van der Waals surface area contributed by atoms with E-state index in [2.05, 4.69) is 20.2 Å². The van der Waals surface area contributed by atoms with E-state index in [1.807, 2.05) is 19.9 Å². The quantitative estimate of drug-likeness (QED) is 0.836. The van der Waals surface area contributed by atoms with Crippen molar-refractivity contribution in [2.75, 3.05) is 49.5 Å². The van der Waals surface area contributed by atoms with E-state index >= 15 is 0 Å². The number of aryl methyl sites for hydroxylation is 1. The van der Waals surface area contributed by atoms with E-state index in [0.717, 1.165) is 24.0 Å². The van der Waals surface area contributed by atoms with Gasteiger partial charge in [0.15, 0.2) is 6.61 Å². The molecule has 0 saturated carbocycles. The average Bonchev–Trinajstić information content (AvgIpc) is 2.67. The third kappa shape index (κ3) is 5.06. The Morgan fingerprint density at radius 2 is 1.89 bits per heavy atom. The lowest BCUT2D eigenvalue weighted by Gasteiger charge is -2.35. The standard InChI is InChI=1S/C19H24FN5O2/c1-3-21-17-12-18(23-14(2)22-17)24-8-10-25(11-9-24)19(26)13-27-16-6-4-15(20)5-7-16/h4-7,12H,3,8-11,13H2,1-2H3,(H,21,22,23). The highest BCUT2D eigenvalue weighted by Gasteiger charge is 2.22. The van der Waals surface area contributed by atoms with Crippen LogP contribution in [0.2, 0.25) is 0 Å². The van der Waals surface area contributed by atoms with Crippen LogP contribution in [-0.4, -0.2) is 60.1 Å². The summed E-state index contributed by atoms with van der Waals surface area (Å²) >= 11 is 0. The summed E-state index contributed by atoms with van der Waals surface area (Å²) in [5, 5.41) is 3.21. The van der Waals surface area contributed by atoms with Crippen LogP contribution in [0.4, 0.5) is 16.0 Å². The topological polar surface area (TPSA) is 70.6 Å². The molecule has 1 aliphatic rings. The van der Waals surface area contributed by atoms with Gasteiger partial charge in [0.25, 0.3) is 5.91 Å². The molecular formula is C19H24FN5O2. The Labute approximate surface area is 158 Å². The summed E-state index contributed by atoms with van der Waals surface area (Å²) in [5.41, 5.74) is 0. The molecule has 1 amide bonds. The maximum Gasteiger partial charge on any atom is 0.260 e. The van der Waals surface area contributed by atoms with Crippen molar-refractivity contribution in [1.29, 1.82) is 0 Å². The third-order valence-electron chi connectivity index (χ3n) is 4.31. The second-order valence-electron chi connectivity index (χ2n) is 6.30. The SMILES string of the molecule is CCNc1cc(N2CCN(C(=O)COc3ccc(F)cc3)CC2)nc(C)n1. The van der Waals surface area contributed by atoms with Gasteiger partial charge in [0.2, 0.25) is 0 Å². The van der Waals surface area contributed by atoms with Gasteiger partial charge >= 0.3 is 0 Å².